The molecule has 0 bridgehead atoms. The van der Waals surface area contributed by atoms with E-state index in [1.165, 1.54) is 0 Å². The van der Waals surface area contributed by atoms with Crippen molar-refractivity contribution in [3.05, 3.63) is 108 Å². The van der Waals surface area contributed by atoms with Gasteiger partial charge in [-0.15, -0.1) is 0 Å². The summed E-state index contributed by atoms with van der Waals surface area (Å²) in [6.07, 6.45) is -0.156. The average molecular weight is 482 g/mol. The summed E-state index contributed by atoms with van der Waals surface area (Å²) in [5, 5.41) is 14.5. The van der Waals surface area contributed by atoms with E-state index in [1.807, 2.05) is 42.5 Å². The molecule has 0 saturated carbocycles. The maximum atomic E-state index is 12.6. The van der Waals surface area contributed by atoms with E-state index in [2.05, 4.69) is 10.6 Å². The van der Waals surface area contributed by atoms with Crippen LogP contribution in [0.2, 0.25) is 0 Å². The third-order valence-corrected chi connectivity index (χ3v) is 5.65. The van der Waals surface area contributed by atoms with Crippen LogP contribution in [0, 0.1) is 5.41 Å². The fraction of sp³-hybridized carbons (Fsp3) is 0.107. The van der Waals surface area contributed by atoms with E-state index < -0.39 is 12.1 Å². The highest BCUT2D eigenvalue weighted by molar-refractivity contribution is 5.99. The van der Waals surface area contributed by atoms with Crippen molar-refractivity contribution < 1.29 is 14.3 Å². The highest BCUT2D eigenvalue weighted by Crippen LogP contribution is 2.28. The number of carbonyl (C=O) groups is 2. The molecule has 36 heavy (non-hydrogen) atoms. The van der Waals surface area contributed by atoms with Crippen LogP contribution >= 0.6 is 0 Å². The van der Waals surface area contributed by atoms with Gasteiger partial charge in [0.1, 0.15) is 11.6 Å². The molecule has 0 saturated heterocycles. The monoisotopic (exact) mass is 481 g/mol. The molecule has 0 spiro atoms. The van der Waals surface area contributed by atoms with E-state index >= 15 is 0 Å². The van der Waals surface area contributed by atoms with Crippen LogP contribution in [0.15, 0.2) is 91.0 Å². The number of rotatable bonds is 8. The molecule has 4 aromatic rings. The van der Waals surface area contributed by atoms with Gasteiger partial charge in [-0.2, -0.15) is 0 Å². The summed E-state index contributed by atoms with van der Waals surface area (Å²) in [4.78, 5) is 25.0. The number of anilines is 1. The van der Waals surface area contributed by atoms with Gasteiger partial charge in [-0.3, -0.25) is 10.2 Å². The Kier molecular flexibility index (Phi) is 7.57. The lowest BCUT2D eigenvalue weighted by molar-refractivity contribution is -0.117. The fourth-order valence-electron chi connectivity index (χ4n) is 3.73. The van der Waals surface area contributed by atoms with Crippen LogP contribution in [0.3, 0.4) is 0 Å². The summed E-state index contributed by atoms with van der Waals surface area (Å²) in [7, 11) is 0. The zero-order valence-electron chi connectivity index (χ0n) is 19.5. The first-order valence-corrected chi connectivity index (χ1v) is 11.4. The van der Waals surface area contributed by atoms with Crippen LogP contribution in [0.4, 0.5) is 10.5 Å². The van der Waals surface area contributed by atoms with Crippen LogP contribution in [-0.4, -0.2) is 23.9 Å². The largest absolute Gasteiger partial charge is 0.412 e. The van der Waals surface area contributed by atoms with Gasteiger partial charge in [0, 0.05) is 23.2 Å². The number of benzene rings is 4. The number of carbonyl (C=O) groups excluding carboxylic acids is 2. The SMILES string of the molecule is N=C(N)c1ccc(CNC(=O)Oc2cccc3cc(NC(=O)C(N)Cc4ccccc4)ccc23)cc1. The molecule has 0 radical (unpaired) electrons. The van der Waals surface area contributed by atoms with E-state index in [4.69, 9.17) is 21.6 Å². The van der Waals surface area contributed by atoms with E-state index in [-0.39, 0.29) is 18.3 Å². The van der Waals surface area contributed by atoms with E-state index in [0.717, 1.165) is 21.9 Å². The van der Waals surface area contributed by atoms with Gasteiger partial charge in [0.2, 0.25) is 5.91 Å². The van der Waals surface area contributed by atoms with Crippen LogP contribution in [-0.2, 0) is 17.8 Å². The smallest absolute Gasteiger partial charge is 0.410 e. The second kappa shape index (κ2) is 11.2. The van der Waals surface area contributed by atoms with Crippen molar-refractivity contribution in [2.45, 2.75) is 19.0 Å². The molecular weight excluding hydrogens is 454 g/mol. The van der Waals surface area contributed by atoms with Crippen molar-refractivity contribution in [2.75, 3.05) is 5.32 Å². The number of nitrogen functional groups attached to an aromatic ring is 1. The lowest BCUT2D eigenvalue weighted by atomic mass is 10.1. The van der Waals surface area contributed by atoms with Gasteiger partial charge in [-0.1, -0.05) is 66.7 Å². The van der Waals surface area contributed by atoms with Crippen molar-refractivity contribution in [2.24, 2.45) is 11.5 Å². The molecule has 0 aliphatic carbocycles. The molecule has 0 heterocycles. The lowest BCUT2D eigenvalue weighted by Gasteiger charge is -2.14. The molecule has 1 unspecified atom stereocenters. The first-order valence-electron chi connectivity index (χ1n) is 11.4. The Bertz CT molecular complexity index is 1390. The summed E-state index contributed by atoms with van der Waals surface area (Å²) in [6, 6.07) is 26.7. The van der Waals surface area contributed by atoms with Crippen LogP contribution in [0.5, 0.6) is 5.75 Å². The highest BCUT2D eigenvalue weighted by atomic mass is 16.6. The quantitative estimate of drug-likeness (QED) is 0.191. The zero-order chi connectivity index (χ0) is 25.5. The number of nitrogens with one attached hydrogen (secondary N) is 3. The molecule has 182 valence electrons. The maximum Gasteiger partial charge on any atom is 0.412 e. The Morgan fingerprint density at radius 3 is 2.36 bits per heavy atom. The number of fused-ring (bicyclic) bond motifs is 1. The van der Waals surface area contributed by atoms with Crippen molar-refractivity contribution in [1.29, 1.82) is 5.41 Å². The maximum absolute atomic E-state index is 12.6. The molecule has 4 rings (SSSR count). The second-order valence-electron chi connectivity index (χ2n) is 8.33. The average Bonchev–Trinajstić information content (AvgIpc) is 2.88. The Hall–Kier alpha value is -4.69. The lowest BCUT2D eigenvalue weighted by Crippen LogP contribution is -2.37. The summed E-state index contributed by atoms with van der Waals surface area (Å²) in [6.45, 7) is 0.265. The molecule has 2 amide bonds. The summed E-state index contributed by atoms with van der Waals surface area (Å²) >= 11 is 0. The van der Waals surface area contributed by atoms with Crippen molar-refractivity contribution in [3.63, 3.8) is 0 Å². The fourth-order valence-corrected chi connectivity index (χ4v) is 3.73. The second-order valence-corrected chi connectivity index (χ2v) is 8.33. The molecule has 8 heteroatoms. The minimum atomic E-state index is -0.680. The number of hydrogen-bond donors (Lipinski definition) is 5. The standard InChI is InChI=1S/C28H27N5O3/c29-24(15-18-5-2-1-3-6-18)27(34)33-22-13-14-23-21(16-22)7-4-8-25(23)36-28(35)32-17-19-9-11-20(12-10-19)26(30)31/h1-14,16,24H,15,17,29H2,(H3,30,31)(H,32,35)(H,33,34). The molecule has 4 aromatic carbocycles. The van der Waals surface area contributed by atoms with Gasteiger partial charge in [0.15, 0.2) is 0 Å². The molecule has 8 nitrogen and oxygen atoms in total. The molecule has 0 fully saturated rings. The molecule has 0 aliphatic heterocycles. The van der Waals surface area contributed by atoms with Crippen molar-refractivity contribution in [1.82, 2.24) is 5.32 Å². The molecule has 0 aliphatic rings. The number of amidine groups is 1. The number of nitrogens with two attached hydrogens (primary N) is 2. The Labute approximate surface area is 208 Å². The van der Waals surface area contributed by atoms with Crippen LogP contribution in [0.1, 0.15) is 16.7 Å². The first kappa shape index (κ1) is 24.4. The Morgan fingerprint density at radius 1 is 0.889 bits per heavy atom. The van der Waals surface area contributed by atoms with Gasteiger partial charge in [0.25, 0.3) is 0 Å². The van der Waals surface area contributed by atoms with Crippen molar-refractivity contribution >= 4 is 34.3 Å². The highest BCUT2D eigenvalue weighted by Gasteiger charge is 2.15. The number of amides is 2. The number of ether oxygens (including phenoxy) is 1. The first-order chi connectivity index (χ1) is 17.4. The third-order valence-electron chi connectivity index (χ3n) is 5.65. The summed E-state index contributed by atoms with van der Waals surface area (Å²) in [5.74, 6) is 0.111. The normalized spacial score (nSPS) is 11.5. The molecular formula is C28H27N5O3. The van der Waals surface area contributed by atoms with Crippen molar-refractivity contribution in [3.8, 4) is 5.75 Å². The minimum Gasteiger partial charge on any atom is -0.410 e. The topological polar surface area (TPSA) is 143 Å². The molecule has 7 N–H and O–H groups in total. The Morgan fingerprint density at radius 2 is 1.64 bits per heavy atom. The van der Waals surface area contributed by atoms with E-state index in [9.17, 15) is 9.59 Å². The molecule has 1 atom stereocenters. The van der Waals surface area contributed by atoms with Gasteiger partial charge >= 0.3 is 6.09 Å². The zero-order valence-corrected chi connectivity index (χ0v) is 19.5. The van der Waals surface area contributed by atoms with E-state index in [0.29, 0.717) is 23.4 Å². The number of hydrogen-bond acceptors (Lipinski definition) is 5. The summed E-state index contributed by atoms with van der Waals surface area (Å²) < 4.78 is 5.53. The predicted molar refractivity (Wildman–Crippen MR) is 141 cm³/mol. The van der Waals surface area contributed by atoms with Crippen LogP contribution < -0.4 is 26.8 Å². The van der Waals surface area contributed by atoms with Gasteiger partial charge in [-0.25, -0.2) is 4.79 Å². The molecule has 0 aromatic heterocycles. The summed E-state index contributed by atoms with van der Waals surface area (Å²) in [5.41, 5.74) is 14.6. The third kappa shape index (κ3) is 6.25. The predicted octanol–water partition coefficient (Wildman–Crippen LogP) is 3.92. The van der Waals surface area contributed by atoms with E-state index in [1.54, 1.807) is 48.5 Å². The Balaban J connectivity index is 1.37. The van der Waals surface area contributed by atoms with Crippen LogP contribution in [0.25, 0.3) is 10.8 Å². The van der Waals surface area contributed by atoms with Gasteiger partial charge in [0.05, 0.1) is 6.04 Å². The minimum absolute atomic E-state index is 0.0115. The van der Waals surface area contributed by atoms with Gasteiger partial charge < -0.3 is 26.8 Å². The van der Waals surface area contributed by atoms with Gasteiger partial charge in [-0.05, 0) is 47.2 Å².